The molecule has 0 saturated carbocycles. The van der Waals surface area contributed by atoms with Crippen molar-refractivity contribution in [1.82, 2.24) is 0 Å². The maximum Gasteiger partial charge on any atom is 0.137 e. The van der Waals surface area contributed by atoms with Gasteiger partial charge in [-0.3, -0.25) is 0 Å². The molecule has 0 radical (unpaired) electrons. The molecule has 0 unspecified atom stereocenters. The second kappa shape index (κ2) is 4.89. The Labute approximate surface area is 92.1 Å². The molecule has 0 atom stereocenters. The third-order valence-electron chi connectivity index (χ3n) is 2.45. The summed E-state index contributed by atoms with van der Waals surface area (Å²) in [7, 11) is 0. The van der Waals surface area contributed by atoms with E-state index in [0.717, 1.165) is 16.7 Å². The van der Waals surface area contributed by atoms with Crippen molar-refractivity contribution in [1.29, 1.82) is 0 Å². The molecule has 14 heavy (non-hydrogen) atoms. The number of benzene rings is 1. The number of hydrogen-bond acceptors (Lipinski definition) is 1. The van der Waals surface area contributed by atoms with Gasteiger partial charge in [0.15, 0.2) is 0 Å². The third-order valence-corrected chi connectivity index (χ3v) is 3.30. The van der Waals surface area contributed by atoms with Crippen LogP contribution < -0.4 is 0 Å². The van der Waals surface area contributed by atoms with Crippen molar-refractivity contribution in [3.63, 3.8) is 0 Å². The lowest BCUT2D eigenvalue weighted by Crippen LogP contribution is -1.99. The Balaban J connectivity index is 3.11. The number of aryl methyl sites for hydroxylation is 1. The van der Waals surface area contributed by atoms with E-state index in [1.54, 1.807) is 0 Å². The standard InChI is InChI=1S/C11H14BrFO/c1-7-6-10(13)11(12)9(8(7)2)4-3-5-14/h6,14H,3-5H2,1-2H3. The SMILES string of the molecule is Cc1cc(F)c(Br)c(CCCO)c1C. The molecule has 0 aliphatic carbocycles. The molecule has 0 heterocycles. The van der Waals surface area contributed by atoms with Crippen LogP contribution in [0.15, 0.2) is 10.5 Å². The first-order valence-corrected chi connectivity index (χ1v) is 5.42. The highest BCUT2D eigenvalue weighted by molar-refractivity contribution is 9.10. The topological polar surface area (TPSA) is 20.2 Å². The molecule has 1 rings (SSSR count). The highest BCUT2D eigenvalue weighted by atomic mass is 79.9. The maximum absolute atomic E-state index is 13.3. The molecule has 0 fully saturated rings. The Morgan fingerprint density at radius 3 is 2.64 bits per heavy atom. The van der Waals surface area contributed by atoms with E-state index < -0.39 is 0 Å². The molecule has 0 amide bonds. The van der Waals surface area contributed by atoms with Crippen LogP contribution in [0.25, 0.3) is 0 Å². The Hall–Kier alpha value is -0.410. The van der Waals surface area contributed by atoms with Gasteiger partial charge in [0.05, 0.1) is 4.47 Å². The summed E-state index contributed by atoms with van der Waals surface area (Å²) >= 11 is 3.24. The van der Waals surface area contributed by atoms with Gasteiger partial charge in [-0.15, -0.1) is 0 Å². The van der Waals surface area contributed by atoms with E-state index in [4.69, 9.17) is 5.11 Å². The van der Waals surface area contributed by atoms with Gasteiger partial charge in [0.1, 0.15) is 5.82 Å². The van der Waals surface area contributed by atoms with Crippen molar-refractivity contribution in [3.8, 4) is 0 Å². The lowest BCUT2D eigenvalue weighted by molar-refractivity contribution is 0.288. The third kappa shape index (κ3) is 2.34. The summed E-state index contributed by atoms with van der Waals surface area (Å²) in [6.45, 7) is 4.01. The van der Waals surface area contributed by atoms with E-state index in [0.29, 0.717) is 17.3 Å². The minimum Gasteiger partial charge on any atom is -0.396 e. The zero-order valence-electron chi connectivity index (χ0n) is 8.40. The number of halogens is 2. The van der Waals surface area contributed by atoms with Gasteiger partial charge >= 0.3 is 0 Å². The van der Waals surface area contributed by atoms with Gasteiger partial charge in [-0.05, 0) is 65.4 Å². The highest BCUT2D eigenvalue weighted by Crippen LogP contribution is 2.27. The Bertz CT molecular complexity index is 310. The molecule has 1 nitrogen and oxygen atoms in total. The van der Waals surface area contributed by atoms with E-state index in [1.165, 1.54) is 6.07 Å². The van der Waals surface area contributed by atoms with Crippen LogP contribution >= 0.6 is 15.9 Å². The summed E-state index contributed by atoms with van der Waals surface area (Å²) in [5.74, 6) is -0.221. The molecule has 0 aromatic heterocycles. The molecular formula is C11H14BrFO. The van der Waals surface area contributed by atoms with E-state index >= 15 is 0 Å². The van der Waals surface area contributed by atoms with Gasteiger partial charge in [-0.1, -0.05) is 0 Å². The van der Waals surface area contributed by atoms with Gasteiger partial charge < -0.3 is 5.11 Å². The minimum atomic E-state index is -0.221. The molecule has 0 bridgehead atoms. The van der Waals surface area contributed by atoms with E-state index in [2.05, 4.69) is 15.9 Å². The lowest BCUT2D eigenvalue weighted by atomic mass is 9.99. The van der Waals surface area contributed by atoms with Crippen molar-refractivity contribution in [2.24, 2.45) is 0 Å². The Morgan fingerprint density at radius 1 is 1.43 bits per heavy atom. The summed E-state index contributed by atoms with van der Waals surface area (Å²) in [5, 5.41) is 8.74. The molecule has 78 valence electrons. The fourth-order valence-corrected chi connectivity index (χ4v) is 2.07. The maximum atomic E-state index is 13.3. The molecule has 3 heteroatoms. The highest BCUT2D eigenvalue weighted by Gasteiger charge is 2.10. The molecule has 0 aliphatic heterocycles. The van der Waals surface area contributed by atoms with Crippen LogP contribution in [-0.2, 0) is 6.42 Å². The van der Waals surface area contributed by atoms with Crippen LogP contribution in [0.4, 0.5) is 4.39 Å². The smallest absolute Gasteiger partial charge is 0.137 e. The van der Waals surface area contributed by atoms with Crippen LogP contribution in [-0.4, -0.2) is 11.7 Å². The summed E-state index contributed by atoms with van der Waals surface area (Å²) in [5.41, 5.74) is 3.03. The monoisotopic (exact) mass is 260 g/mol. The first kappa shape index (κ1) is 11.7. The predicted octanol–water partition coefficient (Wildman–Crippen LogP) is 3.13. The fourth-order valence-electron chi connectivity index (χ4n) is 1.46. The van der Waals surface area contributed by atoms with Gasteiger partial charge in [-0.2, -0.15) is 0 Å². The minimum absolute atomic E-state index is 0.140. The molecule has 1 aromatic rings. The van der Waals surface area contributed by atoms with E-state index in [1.807, 2.05) is 13.8 Å². The van der Waals surface area contributed by atoms with Crippen LogP contribution in [0, 0.1) is 19.7 Å². The van der Waals surface area contributed by atoms with Crippen molar-refractivity contribution in [2.45, 2.75) is 26.7 Å². The van der Waals surface area contributed by atoms with Crippen molar-refractivity contribution >= 4 is 15.9 Å². The number of rotatable bonds is 3. The van der Waals surface area contributed by atoms with Gasteiger partial charge in [0.25, 0.3) is 0 Å². The molecule has 0 saturated heterocycles. The van der Waals surface area contributed by atoms with Gasteiger partial charge in [0, 0.05) is 6.61 Å². The van der Waals surface area contributed by atoms with Crippen LogP contribution in [0.3, 0.4) is 0 Å². The van der Waals surface area contributed by atoms with Gasteiger partial charge in [-0.25, -0.2) is 4.39 Å². The Morgan fingerprint density at radius 2 is 2.07 bits per heavy atom. The first-order chi connectivity index (χ1) is 6.57. The summed E-state index contributed by atoms with van der Waals surface area (Å²) in [4.78, 5) is 0. The normalized spacial score (nSPS) is 10.6. The van der Waals surface area contributed by atoms with Gasteiger partial charge in [0.2, 0.25) is 0 Å². The molecule has 0 spiro atoms. The number of aliphatic hydroxyl groups is 1. The molecule has 0 aliphatic rings. The summed E-state index contributed by atoms with van der Waals surface area (Å²) in [6.07, 6.45) is 1.38. The zero-order chi connectivity index (χ0) is 10.7. The molecular weight excluding hydrogens is 247 g/mol. The van der Waals surface area contributed by atoms with Crippen LogP contribution in [0.5, 0.6) is 0 Å². The van der Waals surface area contributed by atoms with E-state index in [-0.39, 0.29) is 12.4 Å². The Kier molecular flexibility index (Phi) is 4.08. The average Bonchev–Trinajstić information content (AvgIpc) is 2.15. The van der Waals surface area contributed by atoms with Crippen molar-refractivity contribution in [3.05, 3.63) is 33.0 Å². The van der Waals surface area contributed by atoms with Crippen molar-refractivity contribution < 1.29 is 9.50 Å². The first-order valence-electron chi connectivity index (χ1n) is 4.63. The largest absolute Gasteiger partial charge is 0.396 e. The van der Waals surface area contributed by atoms with Crippen LogP contribution in [0.1, 0.15) is 23.1 Å². The van der Waals surface area contributed by atoms with Crippen LogP contribution in [0.2, 0.25) is 0 Å². The average molecular weight is 261 g/mol. The quantitative estimate of drug-likeness (QED) is 0.886. The summed E-state index contributed by atoms with van der Waals surface area (Å²) < 4.78 is 13.9. The zero-order valence-corrected chi connectivity index (χ0v) is 9.99. The molecule has 1 N–H and O–H groups in total. The van der Waals surface area contributed by atoms with E-state index in [9.17, 15) is 4.39 Å². The molecule has 1 aromatic carbocycles. The number of aliphatic hydroxyl groups excluding tert-OH is 1. The van der Waals surface area contributed by atoms with Crippen molar-refractivity contribution in [2.75, 3.05) is 6.61 Å². The predicted molar refractivity (Wildman–Crippen MR) is 59.0 cm³/mol. The second-order valence-electron chi connectivity index (χ2n) is 3.42. The lowest BCUT2D eigenvalue weighted by Gasteiger charge is -2.11. The number of hydrogen-bond donors (Lipinski definition) is 1. The summed E-state index contributed by atoms with van der Waals surface area (Å²) in [6, 6.07) is 1.53. The fraction of sp³-hybridized carbons (Fsp3) is 0.455. The second-order valence-corrected chi connectivity index (χ2v) is 4.21.